The van der Waals surface area contributed by atoms with Crippen LogP contribution in [0.2, 0.25) is 0 Å². The number of alkyl halides is 3. The lowest BCUT2D eigenvalue weighted by molar-refractivity contribution is -0.274. The Morgan fingerprint density at radius 2 is 2.00 bits per heavy atom. The summed E-state index contributed by atoms with van der Waals surface area (Å²) in [7, 11) is 0. The molecule has 1 aliphatic carbocycles. The van der Waals surface area contributed by atoms with Gasteiger partial charge in [0.15, 0.2) is 0 Å². The standard InChI is InChI=1S/C12H13F3O2/c1-7(16)9-6-10(9)8-4-2-3-5-11(8)17-12(13,14)15/h2-5,7,9-10,16H,6H2,1H3/t7-,9-,10+/m0/s1. The lowest BCUT2D eigenvalue weighted by Gasteiger charge is -2.13. The van der Waals surface area contributed by atoms with E-state index in [-0.39, 0.29) is 17.6 Å². The molecule has 1 aliphatic rings. The Morgan fingerprint density at radius 1 is 1.35 bits per heavy atom. The first kappa shape index (κ1) is 12.2. The van der Waals surface area contributed by atoms with Crippen LogP contribution in [0.4, 0.5) is 13.2 Å². The number of halogens is 3. The summed E-state index contributed by atoms with van der Waals surface area (Å²) in [5, 5.41) is 9.38. The predicted molar refractivity (Wildman–Crippen MR) is 55.7 cm³/mol. The molecule has 17 heavy (non-hydrogen) atoms. The van der Waals surface area contributed by atoms with Gasteiger partial charge < -0.3 is 9.84 Å². The fourth-order valence-electron chi connectivity index (χ4n) is 2.11. The molecular formula is C12H13F3O2. The molecule has 0 unspecified atom stereocenters. The van der Waals surface area contributed by atoms with E-state index in [0.717, 1.165) is 0 Å². The van der Waals surface area contributed by atoms with Gasteiger partial charge >= 0.3 is 6.36 Å². The number of hydrogen-bond donors (Lipinski definition) is 1. The lowest BCUT2D eigenvalue weighted by atomic mass is 10.1. The highest BCUT2D eigenvalue weighted by atomic mass is 19.4. The summed E-state index contributed by atoms with van der Waals surface area (Å²) >= 11 is 0. The molecule has 1 saturated carbocycles. The molecule has 2 rings (SSSR count). The quantitative estimate of drug-likeness (QED) is 0.888. The SMILES string of the molecule is C[C@H](O)[C@@H]1C[C@@H]1c1ccccc1OC(F)(F)F. The second-order valence-electron chi connectivity index (χ2n) is 4.33. The molecule has 0 heterocycles. The van der Waals surface area contributed by atoms with Crippen LogP contribution in [-0.2, 0) is 0 Å². The van der Waals surface area contributed by atoms with Crippen molar-refractivity contribution in [2.24, 2.45) is 5.92 Å². The molecule has 0 amide bonds. The van der Waals surface area contributed by atoms with Crippen molar-refractivity contribution in [1.82, 2.24) is 0 Å². The highest BCUT2D eigenvalue weighted by Gasteiger charge is 2.44. The Labute approximate surface area is 97.0 Å². The average Bonchev–Trinajstić information content (AvgIpc) is 2.95. The van der Waals surface area contributed by atoms with E-state index in [0.29, 0.717) is 12.0 Å². The Balaban J connectivity index is 2.18. The largest absolute Gasteiger partial charge is 0.573 e. The molecule has 1 N–H and O–H groups in total. The van der Waals surface area contributed by atoms with Crippen LogP contribution in [0, 0.1) is 5.92 Å². The van der Waals surface area contributed by atoms with Crippen LogP contribution in [0.1, 0.15) is 24.8 Å². The van der Waals surface area contributed by atoms with Gasteiger partial charge in [0.1, 0.15) is 5.75 Å². The molecule has 2 nitrogen and oxygen atoms in total. The average molecular weight is 246 g/mol. The maximum atomic E-state index is 12.2. The third kappa shape index (κ3) is 2.91. The van der Waals surface area contributed by atoms with Crippen LogP contribution in [0.15, 0.2) is 24.3 Å². The first-order valence-corrected chi connectivity index (χ1v) is 5.41. The fraction of sp³-hybridized carbons (Fsp3) is 0.500. The zero-order valence-corrected chi connectivity index (χ0v) is 9.24. The molecule has 0 aliphatic heterocycles. The number of para-hydroxylation sites is 1. The summed E-state index contributed by atoms with van der Waals surface area (Å²) in [6, 6.07) is 6.11. The number of rotatable bonds is 3. The van der Waals surface area contributed by atoms with Crippen LogP contribution < -0.4 is 4.74 Å². The first-order valence-electron chi connectivity index (χ1n) is 5.41. The monoisotopic (exact) mass is 246 g/mol. The van der Waals surface area contributed by atoms with Crippen molar-refractivity contribution in [3.8, 4) is 5.75 Å². The topological polar surface area (TPSA) is 29.5 Å². The smallest absolute Gasteiger partial charge is 0.405 e. The maximum absolute atomic E-state index is 12.2. The third-order valence-corrected chi connectivity index (χ3v) is 3.00. The van der Waals surface area contributed by atoms with E-state index in [1.165, 1.54) is 12.1 Å². The van der Waals surface area contributed by atoms with Crippen molar-refractivity contribution in [2.75, 3.05) is 0 Å². The minimum Gasteiger partial charge on any atom is -0.405 e. The molecule has 1 fully saturated rings. The molecule has 0 bridgehead atoms. The van der Waals surface area contributed by atoms with E-state index < -0.39 is 12.5 Å². The van der Waals surface area contributed by atoms with E-state index in [1.54, 1.807) is 19.1 Å². The van der Waals surface area contributed by atoms with Crippen molar-refractivity contribution in [3.63, 3.8) is 0 Å². The number of hydrogen-bond acceptors (Lipinski definition) is 2. The van der Waals surface area contributed by atoms with Gasteiger partial charge in [0, 0.05) is 0 Å². The molecule has 3 atom stereocenters. The minimum absolute atomic E-state index is 0.0338. The van der Waals surface area contributed by atoms with Gasteiger partial charge in [-0.15, -0.1) is 13.2 Å². The second kappa shape index (κ2) is 4.22. The van der Waals surface area contributed by atoms with Crippen molar-refractivity contribution in [2.45, 2.75) is 31.7 Å². The molecule has 1 aromatic carbocycles. The lowest BCUT2D eigenvalue weighted by Crippen LogP contribution is -2.18. The Morgan fingerprint density at radius 3 is 2.53 bits per heavy atom. The zero-order chi connectivity index (χ0) is 12.6. The van der Waals surface area contributed by atoms with Gasteiger partial charge in [-0.25, -0.2) is 0 Å². The van der Waals surface area contributed by atoms with Gasteiger partial charge in [-0.05, 0) is 36.8 Å². The summed E-state index contributed by atoms with van der Waals surface area (Å²) in [5.41, 5.74) is 0.524. The van der Waals surface area contributed by atoms with Gasteiger partial charge in [-0.3, -0.25) is 0 Å². The highest BCUT2D eigenvalue weighted by molar-refractivity contribution is 5.40. The summed E-state index contributed by atoms with van der Waals surface area (Å²) in [5.74, 6) is -0.158. The number of aliphatic hydroxyl groups excluding tert-OH is 1. The van der Waals surface area contributed by atoms with Crippen molar-refractivity contribution < 1.29 is 23.0 Å². The predicted octanol–water partition coefficient (Wildman–Crippen LogP) is 3.07. The van der Waals surface area contributed by atoms with E-state index >= 15 is 0 Å². The fourth-order valence-corrected chi connectivity index (χ4v) is 2.11. The van der Waals surface area contributed by atoms with E-state index in [9.17, 15) is 18.3 Å². The molecule has 0 radical (unpaired) electrons. The Bertz CT molecular complexity index is 401. The Kier molecular flexibility index (Phi) is 3.03. The second-order valence-corrected chi connectivity index (χ2v) is 4.33. The van der Waals surface area contributed by atoms with E-state index in [4.69, 9.17) is 0 Å². The summed E-state index contributed by atoms with van der Waals surface area (Å²) in [6.07, 6.45) is -4.47. The van der Waals surface area contributed by atoms with Gasteiger partial charge in [0.25, 0.3) is 0 Å². The molecule has 5 heteroatoms. The molecule has 94 valence electrons. The van der Waals surface area contributed by atoms with Crippen molar-refractivity contribution in [3.05, 3.63) is 29.8 Å². The van der Waals surface area contributed by atoms with E-state index in [2.05, 4.69) is 4.74 Å². The third-order valence-electron chi connectivity index (χ3n) is 3.00. The number of aliphatic hydroxyl groups is 1. The van der Waals surface area contributed by atoms with Crippen molar-refractivity contribution in [1.29, 1.82) is 0 Å². The first-order chi connectivity index (χ1) is 7.88. The van der Waals surface area contributed by atoms with Gasteiger partial charge in [-0.1, -0.05) is 18.2 Å². The minimum atomic E-state index is -4.68. The number of benzene rings is 1. The van der Waals surface area contributed by atoms with Gasteiger partial charge in [-0.2, -0.15) is 0 Å². The van der Waals surface area contributed by atoms with Crippen LogP contribution in [0.25, 0.3) is 0 Å². The van der Waals surface area contributed by atoms with Crippen molar-refractivity contribution >= 4 is 0 Å². The summed E-state index contributed by atoms with van der Waals surface area (Å²) in [4.78, 5) is 0. The molecule has 1 aromatic rings. The normalized spacial score (nSPS) is 25.5. The van der Waals surface area contributed by atoms with Crippen LogP contribution in [-0.4, -0.2) is 17.6 Å². The highest BCUT2D eigenvalue weighted by Crippen LogP contribution is 2.52. The summed E-state index contributed by atoms with van der Waals surface area (Å²) < 4.78 is 40.5. The van der Waals surface area contributed by atoms with Crippen LogP contribution in [0.3, 0.4) is 0 Å². The van der Waals surface area contributed by atoms with Gasteiger partial charge in [0.05, 0.1) is 6.10 Å². The molecule has 0 spiro atoms. The summed E-state index contributed by atoms with van der Waals surface area (Å²) in [6.45, 7) is 1.65. The van der Waals surface area contributed by atoms with E-state index in [1.807, 2.05) is 0 Å². The van der Waals surface area contributed by atoms with Gasteiger partial charge in [0.2, 0.25) is 0 Å². The zero-order valence-electron chi connectivity index (χ0n) is 9.24. The maximum Gasteiger partial charge on any atom is 0.573 e. The van der Waals surface area contributed by atoms with Crippen LogP contribution >= 0.6 is 0 Å². The number of ether oxygens (including phenoxy) is 1. The van der Waals surface area contributed by atoms with Crippen LogP contribution in [0.5, 0.6) is 5.75 Å². The Hall–Kier alpha value is -1.23. The molecular weight excluding hydrogens is 233 g/mol. The molecule has 0 saturated heterocycles. The molecule has 0 aromatic heterocycles.